The molecule has 2 N–H and O–H groups in total. The lowest BCUT2D eigenvalue weighted by molar-refractivity contribution is 0.102. The Kier molecular flexibility index (Phi) is 5.23. The highest BCUT2D eigenvalue weighted by atomic mass is 16.1. The van der Waals surface area contributed by atoms with Crippen LogP contribution in [0.3, 0.4) is 0 Å². The summed E-state index contributed by atoms with van der Waals surface area (Å²) in [7, 11) is 0. The molecule has 0 radical (unpaired) electrons. The molecule has 0 saturated carbocycles. The van der Waals surface area contributed by atoms with Crippen LogP contribution in [0.5, 0.6) is 0 Å². The number of hydrogen-bond donors (Lipinski definition) is 2. The molecule has 6 nitrogen and oxygen atoms in total. The molecule has 0 fully saturated rings. The van der Waals surface area contributed by atoms with Gasteiger partial charge in [0.15, 0.2) is 0 Å². The quantitative estimate of drug-likeness (QED) is 0.513. The van der Waals surface area contributed by atoms with Crippen molar-refractivity contribution in [1.82, 2.24) is 14.5 Å². The average Bonchev–Trinajstić information content (AvgIpc) is 3.06. The van der Waals surface area contributed by atoms with Gasteiger partial charge in [-0.05, 0) is 31.0 Å². The Morgan fingerprint density at radius 2 is 1.93 bits per heavy atom. The Labute approximate surface area is 174 Å². The first kappa shape index (κ1) is 19.6. The Morgan fingerprint density at radius 3 is 2.70 bits per heavy atom. The number of para-hydroxylation sites is 1. The molecule has 152 valence electrons. The van der Waals surface area contributed by atoms with Crippen LogP contribution in [-0.4, -0.2) is 20.4 Å². The number of fused-ring (bicyclic) bond motifs is 1. The number of aryl methyl sites for hydroxylation is 1. The van der Waals surface area contributed by atoms with E-state index in [1.165, 1.54) is 6.07 Å². The van der Waals surface area contributed by atoms with Crippen LogP contribution in [-0.2, 0) is 6.54 Å². The largest absolute Gasteiger partial charge is 0.346 e. The van der Waals surface area contributed by atoms with Crippen LogP contribution in [0.1, 0.15) is 29.9 Å². The van der Waals surface area contributed by atoms with Gasteiger partial charge >= 0.3 is 0 Å². The Balaban J connectivity index is 1.66. The minimum Gasteiger partial charge on any atom is -0.346 e. The van der Waals surface area contributed by atoms with Crippen LogP contribution in [0, 0.1) is 12.8 Å². The molecule has 0 atom stereocenters. The Morgan fingerprint density at radius 1 is 1.13 bits per heavy atom. The van der Waals surface area contributed by atoms with E-state index in [1.807, 2.05) is 54.7 Å². The van der Waals surface area contributed by atoms with Crippen LogP contribution in [0.15, 0.2) is 65.6 Å². The van der Waals surface area contributed by atoms with Gasteiger partial charge in [0.1, 0.15) is 5.82 Å². The predicted octanol–water partition coefficient (Wildman–Crippen LogP) is 4.61. The molecule has 0 unspecified atom stereocenters. The Bertz CT molecular complexity index is 1280. The van der Waals surface area contributed by atoms with Crippen molar-refractivity contribution in [1.29, 1.82) is 0 Å². The fourth-order valence-electron chi connectivity index (χ4n) is 3.63. The molecule has 0 saturated heterocycles. The highest BCUT2D eigenvalue weighted by Gasteiger charge is 2.16. The van der Waals surface area contributed by atoms with Gasteiger partial charge in [-0.3, -0.25) is 9.59 Å². The fraction of sp³-hybridized carbons (Fsp3) is 0.208. The maximum atomic E-state index is 13.1. The number of rotatable bonds is 5. The van der Waals surface area contributed by atoms with E-state index in [2.05, 4.69) is 33.7 Å². The second-order valence-corrected chi connectivity index (χ2v) is 7.88. The minimum atomic E-state index is -0.204. The van der Waals surface area contributed by atoms with Crippen LogP contribution < -0.4 is 10.9 Å². The van der Waals surface area contributed by atoms with Crippen molar-refractivity contribution in [3.05, 3.63) is 82.4 Å². The van der Waals surface area contributed by atoms with E-state index in [0.29, 0.717) is 28.7 Å². The minimum absolute atomic E-state index is 0.170. The molecule has 0 aliphatic heterocycles. The van der Waals surface area contributed by atoms with Crippen molar-refractivity contribution in [2.24, 2.45) is 5.92 Å². The van der Waals surface area contributed by atoms with Crippen molar-refractivity contribution >= 4 is 22.5 Å². The van der Waals surface area contributed by atoms with E-state index in [-0.39, 0.29) is 11.5 Å². The van der Waals surface area contributed by atoms with E-state index in [4.69, 9.17) is 0 Å². The summed E-state index contributed by atoms with van der Waals surface area (Å²) in [6.45, 7) is 6.93. The highest BCUT2D eigenvalue weighted by Crippen LogP contribution is 2.24. The van der Waals surface area contributed by atoms with Gasteiger partial charge < -0.3 is 14.9 Å². The second-order valence-electron chi connectivity index (χ2n) is 7.88. The third-order valence-electron chi connectivity index (χ3n) is 4.86. The number of anilines is 1. The van der Waals surface area contributed by atoms with Crippen molar-refractivity contribution in [2.75, 3.05) is 5.32 Å². The number of nitrogens with zero attached hydrogens (tertiary/aromatic N) is 2. The summed E-state index contributed by atoms with van der Waals surface area (Å²) in [5.41, 5.74) is 3.50. The number of carbonyl (C=O) groups excluding carboxylic acids is 1. The van der Waals surface area contributed by atoms with Gasteiger partial charge in [0.25, 0.3) is 11.5 Å². The molecule has 0 spiro atoms. The summed E-state index contributed by atoms with van der Waals surface area (Å²) in [5.74, 6) is 0.776. The number of nitrogens with one attached hydrogen (secondary N) is 2. The van der Waals surface area contributed by atoms with Gasteiger partial charge in [0.2, 0.25) is 0 Å². The lowest BCUT2D eigenvalue weighted by Gasteiger charge is -2.08. The van der Waals surface area contributed by atoms with E-state index < -0.39 is 0 Å². The molecule has 2 heterocycles. The fourth-order valence-corrected chi connectivity index (χ4v) is 3.63. The molecule has 30 heavy (non-hydrogen) atoms. The standard InChI is InChI=1S/C24H24N4O2/c1-15(2)13-28-14-20(19-9-4-5-10-21(19)28)24(30)26-18-8-6-7-17(12-18)23-25-16(3)11-22(29)27-23/h4-12,14-15H,13H2,1-3H3,(H,26,30)(H,25,27,29). The molecule has 1 amide bonds. The second kappa shape index (κ2) is 7.99. The molecular formula is C24H24N4O2. The van der Waals surface area contributed by atoms with Crippen molar-refractivity contribution < 1.29 is 4.79 Å². The van der Waals surface area contributed by atoms with E-state index in [1.54, 1.807) is 6.92 Å². The first-order valence-electron chi connectivity index (χ1n) is 9.98. The number of hydrogen-bond acceptors (Lipinski definition) is 3. The average molecular weight is 400 g/mol. The molecule has 6 heteroatoms. The summed E-state index contributed by atoms with van der Waals surface area (Å²) >= 11 is 0. The SMILES string of the molecule is Cc1cc(=O)[nH]c(-c2cccc(NC(=O)c3cn(CC(C)C)c4ccccc34)c2)n1. The molecule has 0 aliphatic rings. The van der Waals surface area contributed by atoms with Crippen LogP contribution in [0.4, 0.5) is 5.69 Å². The predicted molar refractivity (Wildman–Crippen MR) is 120 cm³/mol. The summed E-state index contributed by atoms with van der Waals surface area (Å²) in [6, 6.07) is 16.7. The molecule has 0 bridgehead atoms. The molecule has 2 aromatic heterocycles. The number of carbonyl (C=O) groups is 1. The van der Waals surface area contributed by atoms with Gasteiger partial charge in [0, 0.05) is 46.7 Å². The third kappa shape index (κ3) is 4.03. The van der Waals surface area contributed by atoms with Crippen LogP contribution >= 0.6 is 0 Å². The summed E-state index contributed by atoms with van der Waals surface area (Å²) in [5, 5.41) is 3.91. The van der Waals surface area contributed by atoms with E-state index >= 15 is 0 Å². The summed E-state index contributed by atoms with van der Waals surface area (Å²) < 4.78 is 2.13. The summed E-state index contributed by atoms with van der Waals surface area (Å²) in [6.07, 6.45) is 1.92. The van der Waals surface area contributed by atoms with E-state index in [9.17, 15) is 9.59 Å². The zero-order chi connectivity index (χ0) is 21.3. The number of amides is 1. The van der Waals surface area contributed by atoms with E-state index in [0.717, 1.165) is 23.0 Å². The van der Waals surface area contributed by atoms with Gasteiger partial charge in [0.05, 0.1) is 5.56 Å². The van der Waals surface area contributed by atoms with Crippen molar-refractivity contribution in [3.8, 4) is 11.4 Å². The zero-order valence-corrected chi connectivity index (χ0v) is 17.3. The lowest BCUT2D eigenvalue weighted by Crippen LogP contribution is -2.12. The smallest absolute Gasteiger partial charge is 0.257 e. The number of benzene rings is 2. The first-order chi connectivity index (χ1) is 14.4. The molecule has 2 aromatic carbocycles. The Hall–Kier alpha value is -3.67. The maximum absolute atomic E-state index is 13.1. The van der Waals surface area contributed by atoms with Gasteiger partial charge in [-0.25, -0.2) is 4.98 Å². The lowest BCUT2D eigenvalue weighted by atomic mass is 10.1. The van der Waals surface area contributed by atoms with Crippen LogP contribution in [0.25, 0.3) is 22.3 Å². The number of aromatic nitrogens is 3. The molecular weight excluding hydrogens is 376 g/mol. The summed E-state index contributed by atoms with van der Waals surface area (Å²) in [4.78, 5) is 32.0. The normalized spacial score (nSPS) is 11.2. The van der Waals surface area contributed by atoms with Gasteiger partial charge in [-0.15, -0.1) is 0 Å². The monoisotopic (exact) mass is 400 g/mol. The van der Waals surface area contributed by atoms with Gasteiger partial charge in [-0.2, -0.15) is 0 Å². The molecule has 4 aromatic rings. The third-order valence-corrected chi connectivity index (χ3v) is 4.86. The van der Waals surface area contributed by atoms with Crippen LogP contribution in [0.2, 0.25) is 0 Å². The number of aromatic amines is 1. The molecule has 0 aliphatic carbocycles. The first-order valence-corrected chi connectivity index (χ1v) is 9.98. The van der Waals surface area contributed by atoms with Gasteiger partial charge in [-0.1, -0.05) is 44.2 Å². The van der Waals surface area contributed by atoms with Crippen molar-refractivity contribution in [2.45, 2.75) is 27.3 Å². The zero-order valence-electron chi connectivity index (χ0n) is 17.3. The topological polar surface area (TPSA) is 79.8 Å². The maximum Gasteiger partial charge on any atom is 0.257 e. The molecule has 4 rings (SSSR count). The number of H-pyrrole nitrogens is 1. The highest BCUT2D eigenvalue weighted by molar-refractivity contribution is 6.13. The van der Waals surface area contributed by atoms with Crippen molar-refractivity contribution in [3.63, 3.8) is 0 Å².